The van der Waals surface area contributed by atoms with Crippen LogP contribution in [0.1, 0.15) is 20.3 Å². The first-order chi connectivity index (χ1) is 8.04. The highest BCUT2D eigenvalue weighted by Gasteiger charge is 2.44. The van der Waals surface area contributed by atoms with Crippen LogP contribution in [-0.4, -0.2) is 54.4 Å². The molecule has 17 heavy (non-hydrogen) atoms. The van der Waals surface area contributed by atoms with E-state index in [9.17, 15) is 15.0 Å². The first kappa shape index (κ1) is 14.4. The van der Waals surface area contributed by atoms with Crippen LogP contribution in [-0.2, 0) is 14.3 Å². The van der Waals surface area contributed by atoms with Gasteiger partial charge in [-0.15, -0.1) is 0 Å². The average molecular weight is 247 g/mol. The van der Waals surface area contributed by atoms with E-state index >= 15 is 0 Å². The topological polar surface area (TPSA) is 88.0 Å². The van der Waals surface area contributed by atoms with E-state index in [-0.39, 0.29) is 18.4 Å². The van der Waals surface area contributed by atoms with Crippen molar-refractivity contribution in [3.05, 3.63) is 0 Å². The fourth-order valence-electron chi connectivity index (χ4n) is 2.28. The summed E-state index contributed by atoms with van der Waals surface area (Å²) in [4.78, 5) is 11.1. The van der Waals surface area contributed by atoms with Crippen LogP contribution in [0.15, 0.2) is 0 Å². The highest BCUT2D eigenvalue weighted by Crippen LogP contribution is 2.28. The van der Waals surface area contributed by atoms with Crippen molar-refractivity contribution in [3.8, 4) is 0 Å². The third kappa shape index (κ3) is 3.16. The maximum absolute atomic E-state index is 11.1. The Bertz CT molecular complexity index is 260. The van der Waals surface area contributed by atoms with Crippen LogP contribution in [0.3, 0.4) is 0 Å². The molecule has 5 atom stereocenters. The van der Waals surface area contributed by atoms with Gasteiger partial charge in [-0.3, -0.25) is 4.79 Å². The van der Waals surface area contributed by atoms with Gasteiger partial charge in [0.2, 0.25) is 5.91 Å². The van der Waals surface area contributed by atoms with Gasteiger partial charge < -0.3 is 25.0 Å². The Labute approximate surface area is 101 Å². The number of amides is 1. The minimum absolute atomic E-state index is 0.178. The highest BCUT2D eigenvalue weighted by atomic mass is 16.7. The molecular formula is C11H21NO5. The number of hydrogen-bond donors (Lipinski definition) is 3. The van der Waals surface area contributed by atoms with Crippen molar-refractivity contribution in [2.24, 2.45) is 5.92 Å². The summed E-state index contributed by atoms with van der Waals surface area (Å²) in [5.74, 6) is -0.472. The molecular weight excluding hydrogens is 226 g/mol. The molecule has 1 amide bonds. The van der Waals surface area contributed by atoms with Crippen LogP contribution in [0, 0.1) is 5.92 Å². The van der Waals surface area contributed by atoms with E-state index in [1.165, 1.54) is 14.0 Å². The number of carbonyl (C=O) groups excluding carboxylic acids is 1. The summed E-state index contributed by atoms with van der Waals surface area (Å²) in [7, 11) is 1.44. The second kappa shape index (κ2) is 6.30. The van der Waals surface area contributed by atoms with Gasteiger partial charge in [0, 0.05) is 20.0 Å². The summed E-state index contributed by atoms with van der Waals surface area (Å²) >= 11 is 0. The lowest BCUT2D eigenvalue weighted by Crippen LogP contribution is -2.62. The lowest BCUT2D eigenvalue weighted by atomic mass is 9.86. The summed E-state index contributed by atoms with van der Waals surface area (Å²) < 4.78 is 10.6. The molecule has 0 saturated carbocycles. The number of nitrogens with one attached hydrogen (secondary N) is 1. The first-order valence-corrected chi connectivity index (χ1v) is 5.79. The van der Waals surface area contributed by atoms with Crippen LogP contribution in [0.4, 0.5) is 0 Å². The molecule has 5 unspecified atom stereocenters. The summed E-state index contributed by atoms with van der Waals surface area (Å²) in [5.41, 5.74) is 0. The van der Waals surface area contributed by atoms with Gasteiger partial charge in [-0.25, -0.2) is 0 Å². The lowest BCUT2D eigenvalue weighted by Gasteiger charge is -2.43. The Morgan fingerprint density at radius 2 is 2.18 bits per heavy atom. The molecule has 100 valence electrons. The predicted molar refractivity (Wildman–Crippen MR) is 60.1 cm³/mol. The molecule has 6 nitrogen and oxygen atoms in total. The quantitative estimate of drug-likeness (QED) is 0.608. The lowest BCUT2D eigenvalue weighted by molar-refractivity contribution is -0.249. The van der Waals surface area contributed by atoms with E-state index < -0.39 is 24.5 Å². The molecule has 0 aromatic heterocycles. The van der Waals surface area contributed by atoms with Gasteiger partial charge in [0.15, 0.2) is 6.29 Å². The van der Waals surface area contributed by atoms with E-state index in [4.69, 9.17) is 9.47 Å². The number of carbonyl (C=O) groups is 1. The molecule has 1 fully saturated rings. The van der Waals surface area contributed by atoms with Crippen molar-refractivity contribution in [3.63, 3.8) is 0 Å². The average Bonchev–Trinajstić information content (AvgIpc) is 2.30. The Kier molecular flexibility index (Phi) is 5.32. The summed E-state index contributed by atoms with van der Waals surface area (Å²) in [6, 6.07) is -0.606. The molecule has 1 heterocycles. The number of ether oxygens (including phenoxy) is 2. The number of aliphatic hydroxyl groups is 2. The van der Waals surface area contributed by atoms with Gasteiger partial charge in [-0.1, -0.05) is 6.92 Å². The van der Waals surface area contributed by atoms with Crippen molar-refractivity contribution >= 4 is 5.91 Å². The Balaban J connectivity index is 2.83. The summed E-state index contributed by atoms with van der Waals surface area (Å²) in [6.07, 6.45) is -1.35. The van der Waals surface area contributed by atoms with E-state index in [1.807, 2.05) is 6.92 Å². The largest absolute Gasteiger partial charge is 0.394 e. The van der Waals surface area contributed by atoms with Gasteiger partial charge >= 0.3 is 0 Å². The Morgan fingerprint density at radius 3 is 2.59 bits per heavy atom. The van der Waals surface area contributed by atoms with Gasteiger partial charge in [0.25, 0.3) is 0 Å². The minimum atomic E-state index is -0.792. The molecule has 6 heteroatoms. The maximum atomic E-state index is 11.1. The van der Waals surface area contributed by atoms with Crippen LogP contribution in [0.5, 0.6) is 0 Å². The fraction of sp³-hybridized carbons (Fsp3) is 0.909. The van der Waals surface area contributed by atoms with Crippen LogP contribution in [0.25, 0.3) is 0 Å². The summed E-state index contributed by atoms with van der Waals surface area (Å²) in [5, 5.41) is 22.0. The molecule has 0 bridgehead atoms. The predicted octanol–water partition coefficient (Wildman–Crippen LogP) is -0.758. The third-order valence-corrected chi connectivity index (χ3v) is 3.14. The molecule has 0 aromatic rings. The smallest absolute Gasteiger partial charge is 0.217 e. The van der Waals surface area contributed by atoms with Crippen molar-refractivity contribution < 1.29 is 24.5 Å². The Morgan fingerprint density at radius 1 is 1.53 bits per heavy atom. The van der Waals surface area contributed by atoms with Gasteiger partial charge in [-0.2, -0.15) is 0 Å². The zero-order valence-corrected chi connectivity index (χ0v) is 10.4. The zero-order valence-electron chi connectivity index (χ0n) is 10.4. The van der Waals surface area contributed by atoms with Crippen molar-refractivity contribution in [1.29, 1.82) is 0 Å². The van der Waals surface area contributed by atoms with Crippen LogP contribution >= 0.6 is 0 Å². The molecule has 3 N–H and O–H groups in total. The monoisotopic (exact) mass is 247 g/mol. The molecule has 1 aliphatic heterocycles. The number of methoxy groups -OCH3 is 1. The third-order valence-electron chi connectivity index (χ3n) is 3.14. The molecule has 0 radical (unpaired) electrons. The maximum Gasteiger partial charge on any atom is 0.217 e. The van der Waals surface area contributed by atoms with E-state index in [2.05, 4.69) is 5.32 Å². The molecule has 0 spiro atoms. The zero-order chi connectivity index (χ0) is 13.0. The Hall–Kier alpha value is -0.690. The number of hydrogen-bond acceptors (Lipinski definition) is 5. The van der Waals surface area contributed by atoms with E-state index in [0.717, 1.165) is 0 Å². The van der Waals surface area contributed by atoms with Crippen LogP contribution in [0.2, 0.25) is 0 Å². The van der Waals surface area contributed by atoms with Gasteiger partial charge in [-0.05, 0) is 6.42 Å². The molecule has 0 aliphatic carbocycles. The molecule has 1 aliphatic rings. The van der Waals surface area contributed by atoms with Crippen LogP contribution < -0.4 is 5.32 Å². The molecule has 1 saturated heterocycles. The van der Waals surface area contributed by atoms with Gasteiger partial charge in [0.1, 0.15) is 6.04 Å². The highest BCUT2D eigenvalue weighted by molar-refractivity contribution is 5.73. The normalized spacial score (nSPS) is 37.8. The standard InChI is InChI=1S/C11H21NO5/c1-4-7-8(5-13)17-11(16-3)9(10(7)15)12-6(2)14/h7-11,13,15H,4-5H2,1-3H3,(H,12,14). The SMILES string of the molecule is CCC1C(CO)OC(OC)C(NC(C)=O)C1O. The number of rotatable bonds is 4. The second-order valence-corrected chi connectivity index (χ2v) is 4.25. The second-order valence-electron chi connectivity index (χ2n) is 4.25. The van der Waals surface area contributed by atoms with Crippen molar-refractivity contribution in [1.82, 2.24) is 5.32 Å². The van der Waals surface area contributed by atoms with Gasteiger partial charge in [0.05, 0.1) is 18.8 Å². The first-order valence-electron chi connectivity index (χ1n) is 5.79. The fourth-order valence-corrected chi connectivity index (χ4v) is 2.28. The van der Waals surface area contributed by atoms with Crippen molar-refractivity contribution in [2.45, 2.75) is 44.8 Å². The number of aliphatic hydroxyl groups excluding tert-OH is 2. The van der Waals surface area contributed by atoms with Crippen molar-refractivity contribution in [2.75, 3.05) is 13.7 Å². The van der Waals surface area contributed by atoms with E-state index in [1.54, 1.807) is 0 Å². The van der Waals surface area contributed by atoms with E-state index in [0.29, 0.717) is 6.42 Å². The molecule has 0 aromatic carbocycles. The minimum Gasteiger partial charge on any atom is -0.394 e. The molecule has 1 rings (SSSR count). The summed E-state index contributed by atoms with van der Waals surface area (Å²) in [6.45, 7) is 3.10.